The summed E-state index contributed by atoms with van der Waals surface area (Å²) in [5, 5.41) is 11.1. The minimum absolute atomic E-state index is 0.200. The molecule has 0 saturated heterocycles. The monoisotopic (exact) mass is 233 g/mol. The van der Waals surface area contributed by atoms with Crippen LogP contribution in [0.15, 0.2) is 42.0 Å². The van der Waals surface area contributed by atoms with E-state index in [0.717, 1.165) is 18.1 Å². The molecule has 0 aliphatic rings. The van der Waals surface area contributed by atoms with Crippen LogP contribution in [0.5, 0.6) is 0 Å². The van der Waals surface area contributed by atoms with Gasteiger partial charge in [-0.05, 0) is 18.9 Å². The van der Waals surface area contributed by atoms with E-state index in [0.29, 0.717) is 6.54 Å². The lowest BCUT2D eigenvalue weighted by atomic mass is 10.1. The molecule has 17 heavy (non-hydrogen) atoms. The molecule has 0 aliphatic carbocycles. The summed E-state index contributed by atoms with van der Waals surface area (Å²) < 4.78 is 0. The van der Waals surface area contributed by atoms with Crippen molar-refractivity contribution in [1.29, 1.82) is 0 Å². The van der Waals surface area contributed by atoms with E-state index in [1.165, 1.54) is 6.92 Å². The molecule has 2 N–H and O–H groups in total. The van der Waals surface area contributed by atoms with Crippen molar-refractivity contribution in [1.82, 2.24) is 5.32 Å². The molecule has 1 aromatic rings. The number of aliphatic carboxylic acids is 1. The van der Waals surface area contributed by atoms with Gasteiger partial charge in [0.15, 0.2) is 0 Å². The third-order valence-corrected chi connectivity index (χ3v) is 2.24. The summed E-state index contributed by atoms with van der Waals surface area (Å²) in [4.78, 5) is 21.8. The van der Waals surface area contributed by atoms with Crippen LogP contribution in [0.25, 0.3) is 0 Å². The predicted molar refractivity (Wildman–Crippen MR) is 64.5 cm³/mol. The smallest absolute Gasteiger partial charge is 0.328 e. The molecular weight excluding hydrogens is 218 g/mol. The van der Waals surface area contributed by atoms with E-state index in [4.69, 9.17) is 5.11 Å². The Bertz CT molecular complexity index is 424. The summed E-state index contributed by atoms with van der Waals surface area (Å²) >= 11 is 0. The maximum Gasteiger partial charge on any atom is 0.328 e. The lowest BCUT2D eigenvalue weighted by molar-refractivity contribution is -0.131. The fourth-order valence-electron chi connectivity index (χ4n) is 1.36. The van der Waals surface area contributed by atoms with Crippen molar-refractivity contribution in [2.45, 2.75) is 13.3 Å². The Morgan fingerprint density at radius 3 is 2.53 bits per heavy atom. The van der Waals surface area contributed by atoms with Crippen LogP contribution in [0.1, 0.15) is 12.5 Å². The van der Waals surface area contributed by atoms with Crippen LogP contribution in [0, 0.1) is 0 Å². The van der Waals surface area contributed by atoms with Crippen molar-refractivity contribution in [3.05, 3.63) is 47.5 Å². The third kappa shape index (κ3) is 4.97. The zero-order valence-electron chi connectivity index (χ0n) is 9.64. The molecule has 1 amide bonds. The van der Waals surface area contributed by atoms with E-state index in [9.17, 15) is 9.59 Å². The van der Waals surface area contributed by atoms with E-state index < -0.39 is 5.97 Å². The Hall–Kier alpha value is -2.10. The van der Waals surface area contributed by atoms with Gasteiger partial charge in [-0.25, -0.2) is 4.79 Å². The average Bonchev–Trinajstić information content (AvgIpc) is 2.29. The lowest BCUT2D eigenvalue weighted by Gasteiger charge is -2.04. The molecular formula is C13H15NO3. The second-order valence-electron chi connectivity index (χ2n) is 3.66. The molecule has 1 rings (SSSR count). The molecule has 0 saturated carbocycles. The number of carboxylic acid groups (broad SMARTS) is 1. The van der Waals surface area contributed by atoms with Crippen LogP contribution >= 0.6 is 0 Å². The van der Waals surface area contributed by atoms with Gasteiger partial charge in [0, 0.05) is 18.2 Å². The van der Waals surface area contributed by atoms with E-state index in [1.54, 1.807) is 0 Å². The molecule has 0 spiro atoms. The number of carboxylic acids is 1. The molecule has 0 unspecified atom stereocenters. The molecule has 90 valence electrons. The number of rotatable bonds is 5. The van der Waals surface area contributed by atoms with Gasteiger partial charge < -0.3 is 10.4 Å². The van der Waals surface area contributed by atoms with Gasteiger partial charge in [0.1, 0.15) is 0 Å². The Kier molecular flexibility index (Phi) is 4.94. The van der Waals surface area contributed by atoms with Crippen molar-refractivity contribution in [3.8, 4) is 0 Å². The number of hydrogen-bond donors (Lipinski definition) is 2. The highest BCUT2D eigenvalue weighted by Crippen LogP contribution is 1.99. The van der Waals surface area contributed by atoms with E-state index in [-0.39, 0.29) is 11.5 Å². The molecule has 0 heterocycles. The van der Waals surface area contributed by atoms with Crippen LogP contribution in [0.3, 0.4) is 0 Å². The van der Waals surface area contributed by atoms with E-state index >= 15 is 0 Å². The van der Waals surface area contributed by atoms with E-state index in [2.05, 4.69) is 5.32 Å². The normalized spacial score (nSPS) is 11.0. The second kappa shape index (κ2) is 6.48. The molecule has 4 heteroatoms. The molecule has 0 radical (unpaired) electrons. The first-order valence-corrected chi connectivity index (χ1v) is 5.33. The van der Waals surface area contributed by atoms with Gasteiger partial charge in [0.25, 0.3) is 0 Å². The Morgan fingerprint density at radius 2 is 1.94 bits per heavy atom. The van der Waals surface area contributed by atoms with Crippen molar-refractivity contribution >= 4 is 11.9 Å². The zero-order chi connectivity index (χ0) is 12.7. The maximum atomic E-state index is 11.4. The predicted octanol–water partition coefficient (Wildman–Crippen LogP) is 1.38. The number of hydrogen-bond acceptors (Lipinski definition) is 2. The highest BCUT2D eigenvalue weighted by atomic mass is 16.4. The summed E-state index contributed by atoms with van der Waals surface area (Å²) in [5.74, 6) is -1.45. The fraction of sp³-hybridized carbons (Fsp3) is 0.231. The molecule has 0 atom stereocenters. The molecule has 0 aromatic heterocycles. The first-order chi connectivity index (χ1) is 8.09. The minimum Gasteiger partial charge on any atom is -0.478 e. The second-order valence-corrected chi connectivity index (χ2v) is 3.66. The number of carbonyl (C=O) groups is 2. The Morgan fingerprint density at radius 1 is 1.29 bits per heavy atom. The standard InChI is InChI=1S/C13H15NO3/c1-10(9-12(15)16)13(17)14-8-7-11-5-3-2-4-6-11/h2-6,9H,7-8H2,1H3,(H,14,17)(H,15,16). The van der Waals surface area contributed by atoms with Crippen molar-refractivity contribution in [2.24, 2.45) is 0 Å². The first kappa shape index (κ1) is 13.0. The van der Waals surface area contributed by atoms with Gasteiger partial charge >= 0.3 is 5.97 Å². The van der Waals surface area contributed by atoms with Crippen molar-refractivity contribution in [2.75, 3.05) is 6.54 Å². The summed E-state index contributed by atoms with van der Waals surface area (Å²) in [6, 6.07) is 9.76. The molecule has 1 aromatic carbocycles. The highest BCUT2D eigenvalue weighted by molar-refractivity contribution is 5.98. The summed E-state index contributed by atoms with van der Waals surface area (Å²) in [5.41, 5.74) is 1.33. The highest BCUT2D eigenvalue weighted by Gasteiger charge is 2.04. The van der Waals surface area contributed by atoms with E-state index in [1.807, 2.05) is 30.3 Å². The van der Waals surface area contributed by atoms with Crippen LogP contribution in [-0.4, -0.2) is 23.5 Å². The van der Waals surface area contributed by atoms with Crippen LogP contribution in [0.2, 0.25) is 0 Å². The number of benzene rings is 1. The Balaban J connectivity index is 2.37. The molecule has 4 nitrogen and oxygen atoms in total. The van der Waals surface area contributed by atoms with Gasteiger partial charge in [-0.15, -0.1) is 0 Å². The number of carbonyl (C=O) groups excluding carboxylic acids is 1. The van der Waals surface area contributed by atoms with Crippen molar-refractivity contribution in [3.63, 3.8) is 0 Å². The summed E-state index contributed by atoms with van der Waals surface area (Å²) in [6.07, 6.45) is 1.63. The van der Waals surface area contributed by atoms with Crippen molar-refractivity contribution < 1.29 is 14.7 Å². The maximum absolute atomic E-state index is 11.4. The topological polar surface area (TPSA) is 66.4 Å². The van der Waals surface area contributed by atoms with Crippen LogP contribution in [-0.2, 0) is 16.0 Å². The Labute approximate surface area is 100.0 Å². The van der Waals surface area contributed by atoms with Crippen LogP contribution in [0.4, 0.5) is 0 Å². The molecule has 0 bridgehead atoms. The summed E-state index contributed by atoms with van der Waals surface area (Å²) in [6.45, 7) is 1.97. The third-order valence-electron chi connectivity index (χ3n) is 2.24. The summed E-state index contributed by atoms with van der Waals surface area (Å²) in [7, 11) is 0. The first-order valence-electron chi connectivity index (χ1n) is 5.33. The van der Waals surface area contributed by atoms with Gasteiger partial charge in [-0.2, -0.15) is 0 Å². The minimum atomic E-state index is -1.11. The van der Waals surface area contributed by atoms with Crippen LogP contribution < -0.4 is 5.32 Å². The molecule has 0 fully saturated rings. The van der Waals surface area contributed by atoms with Gasteiger partial charge in [0.2, 0.25) is 5.91 Å². The quantitative estimate of drug-likeness (QED) is 0.755. The number of amides is 1. The number of nitrogens with one attached hydrogen (secondary N) is 1. The fourth-order valence-corrected chi connectivity index (χ4v) is 1.36. The van der Waals surface area contributed by atoms with Gasteiger partial charge in [0.05, 0.1) is 0 Å². The molecule has 0 aliphatic heterocycles. The van der Waals surface area contributed by atoms with Gasteiger partial charge in [-0.1, -0.05) is 30.3 Å². The zero-order valence-corrected chi connectivity index (χ0v) is 9.64. The lowest BCUT2D eigenvalue weighted by Crippen LogP contribution is -2.26. The van der Waals surface area contributed by atoms with Gasteiger partial charge in [-0.3, -0.25) is 4.79 Å². The average molecular weight is 233 g/mol. The SMILES string of the molecule is CC(=CC(=O)O)C(=O)NCCc1ccccc1. The largest absolute Gasteiger partial charge is 0.478 e.